The van der Waals surface area contributed by atoms with Crippen LogP contribution in [0.3, 0.4) is 0 Å². The third kappa shape index (κ3) is 3.99. The molecule has 0 bridgehead atoms. The Balaban J connectivity index is 2.09. The Morgan fingerprint density at radius 1 is 1.05 bits per heavy atom. The van der Waals surface area contributed by atoms with E-state index in [2.05, 4.69) is 5.32 Å². The number of methoxy groups -OCH3 is 2. The van der Waals surface area contributed by atoms with Crippen LogP contribution in [0.2, 0.25) is 0 Å². The van der Waals surface area contributed by atoms with Crippen molar-refractivity contribution in [2.24, 2.45) is 0 Å². The maximum Gasteiger partial charge on any atom is 0.251 e. The lowest BCUT2D eigenvalue weighted by atomic mass is 10.1. The summed E-state index contributed by atoms with van der Waals surface area (Å²) >= 11 is 0. The van der Waals surface area contributed by atoms with Crippen LogP contribution in [0.4, 0.5) is 0 Å². The second kappa shape index (κ2) is 6.79. The number of carbonyl (C=O) groups is 1. The van der Waals surface area contributed by atoms with Gasteiger partial charge in [-0.2, -0.15) is 0 Å². The number of rotatable bonds is 5. The molecule has 1 N–H and O–H groups in total. The van der Waals surface area contributed by atoms with Crippen molar-refractivity contribution in [2.75, 3.05) is 14.2 Å². The molecule has 0 unspecified atom stereocenters. The van der Waals surface area contributed by atoms with Crippen LogP contribution in [0.15, 0.2) is 42.5 Å². The van der Waals surface area contributed by atoms with Crippen molar-refractivity contribution in [3.05, 3.63) is 59.2 Å². The summed E-state index contributed by atoms with van der Waals surface area (Å²) in [5, 5.41) is 2.90. The van der Waals surface area contributed by atoms with Crippen LogP contribution in [0.25, 0.3) is 0 Å². The molecule has 1 amide bonds. The van der Waals surface area contributed by atoms with Crippen LogP contribution in [0, 0.1) is 6.92 Å². The molecule has 0 saturated carbocycles. The molecule has 0 radical (unpaired) electrons. The van der Waals surface area contributed by atoms with Crippen molar-refractivity contribution >= 4 is 5.91 Å². The second-order valence-electron chi connectivity index (χ2n) is 4.77. The summed E-state index contributed by atoms with van der Waals surface area (Å²) in [4.78, 5) is 12.2. The van der Waals surface area contributed by atoms with Gasteiger partial charge in [-0.15, -0.1) is 0 Å². The summed E-state index contributed by atoms with van der Waals surface area (Å²) in [7, 11) is 3.12. The summed E-state index contributed by atoms with van der Waals surface area (Å²) in [6, 6.07) is 13.1. The Labute approximate surface area is 124 Å². The zero-order valence-corrected chi connectivity index (χ0v) is 12.5. The average molecular weight is 285 g/mol. The van der Waals surface area contributed by atoms with Gasteiger partial charge in [0.25, 0.3) is 5.91 Å². The maximum absolute atomic E-state index is 12.2. The fourth-order valence-electron chi connectivity index (χ4n) is 2.05. The van der Waals surface area contributed by atoms with Gasteiger partial charge >= 0.3 is 0 Å². The Bertz CT molecular complexity index is 615. The zero-order chi connectivity index (χ0) is 15.2. The maximum atomic E-state index is 12.2. The first-order valence-electron chi connectivity index (χ1n) is 6.69. The Morgan fingerprint density at radius 2 is 1.71 bits per heavy atom. The highest BCUT2D eigenvalue weighted by Gasteiger charge is 2.09. The van der Waals surface area contributed by atoms with E-state index in [1.165, 1.54) is 5.56 Å². The number of hydrogen-bond acceptors (Lipinski definition) is 3. The molecule has 0 atom stereocenters. The average Bonchev–Trinajstić information content (AvgIpc) is 2.52. The molecule has 21 heavy (non-hydrogen) atoms. The number of nitrogens with one attached hydrogen (secondary N) is 1. The van der Waals surface area contributed by atoms with Gasteiger partial charge < -0.3 is 14.8 Å². The predicted octanol–water partition coefficient (Wildman–Crippen LogP) is 2.94. The van der Waals surface area contributed by atoms with E-state index in [9.17, 15) is 4.79 Å². The van der Waals surface area contributed by atoms with Gasteiger partial charge in [-0.25, -0.2) is 0 Å². The van der Waals surface area contributed by atoms with Crippen molar-refractivity contribution < 1.29 is 14.3 Å². The summed E-state index contributed by atoms with van der Waals surface area (Å²) in [5.74, 6) is 1.03. The van der Waals surface area contributed by atoms with Crippen LogP contribution >= 0.6 is 0 Å². The molecule has 0 spiro atoms. The molecular formula is C17H19NO3. The minimum absolute atomic E-state index is 0.159. The molecule has 0 aliphatic rings. The lowest BCUT2D eigenvalue weighted by Gasteiger charge is -2.09. The van der Waals surface area contributed by atoms with Crippen molar-refractivity contribution in [2.45, 2.75) is 13.5 Å². The number of aryl methyl sites for hydroxylation is 1. The number of carbonyl (C=O) groups excluding carboxylic acids is 1. The molecule has 2 aromatic rings. The van der Waals surface area contributed by atoms with Crippen molar-refractivity contribution in [1.82, 2.24) is 5.32 Å². The van der Waals surface area contributed by atoms with E-state index in [1.54, 1.807) is 32.4 Å². The van der Waals surface area contributed by atoms with Crippen LogP contribution in [0.1, 0.15) is 21.5 Å². The monoisotopic (exact) mass is 285 g/mol. The van der Waals surface area contributed by atoms with Crippen LogP contribution in [0.5, 0.6) is 11.5 Å². The van der Waals surface area contributed by atoms with Crippen LogP contribution in [-0.2, 0) is 6.54 Å². The molecule has 0 saturated heterocycles. The number of amides is 1. The number of ether oxygens (including phenoxy) is 2. The van der Waals surface area contributed by atoms with E-state index in [1.807, 2.05) is 31.2 Å². The largest absolute Gasteiger partial charge is 0.497 e. The van der Waals surface area contributed by atoms with Gasteiger partial charge in [0.05, 0.1) is 14.2 Å². The van der Waals surface area contributed by atoms with Crippen molar-refractivity contribution in [3.8, 4) is 11.5 Å². The van der Waals surface area contributed by atoms with Gasteiger partial charge in [0.1, 0.15) is 11.5 Å². The lowest BCUT2D eigenvalue weighted by Crippen LogP contribution is -2.22. The van der Waals surface area contributed by atoms with Crippen LogP contribution < -0.4 is 14.8 Å². The highest BCUT2D eigenvalue weighted by atomic mass is 16.5. The molecule has 4 heteroatoms. The van der Waals surface area contributed by atoms with E-state index in [-0.39, 0.29) is 5.91 Å². The standard InChI is InChI=1S/C17H19NO3/c1-12-5-4-6-13(7-12)11-18-17(19)14-8-15(20-2)10-16(9-14)21-3/h4-10H,11H2,1-3H3,(H,18,19). The summed E-state index contributed by atoms with van der Waals surface area (Å²) in [6.07, 6.45) is 0. The van der Waals surface area contributed by atoms with Crippen molar-refractivity contribution in [1.29, 1.82) is 0 Å². The first-order chi connectivity index (χ1) is 10.1. The molecule has 110 valence electrons. The molecule has 2 rings (SSSR count). The van der Waals surface area contributed by atoms with E-state index >= 15 is 0 Å². The van der Waals surface area contributed by atoms with E-state index < -0.39 is 0 Å². The Morgan fingerprint density at radius 3 is 2.29 bits per heavy atom. The fourth-order valence-corrected chi connectivity index (χ4v) is 2.05. The van der Waals surface area contributed by atoms with Gasteiger partial charge in [0.15, 0.2) is 0 Å². The summed E-state index contributed by atoms with van der Waals surface area (Å²) in [6.45, 7) is 2.51. The van der Waals surface area contributed by atoms with Gasteiger partial charge in [-0.05, 0) is 24.6 Å². The highest BCUT2D eigenvalue weighted by Crippen LogP contribution is 2.22. The first kappa shape index (κ1) is 14.9. The highest BCUT2D eigenvalue weighted by molar-refractivity contribution is 5.95. The number of benzene rings is 2. The normalized spacial score (nSPS) is 10.0. The lowest BCUT2D eigenvalue weighted by molar-refractivity contribution is 0.0950. The molecule has 0 aromatic heterocycles. The molecule has 0 heterocycles. The molecule has 2 aromatic carbocycles. The smallest absolute Gasteiger partial charge is 0.251 e. The van der Waals surface area contributed by atoms with Gasteiger partial charge in [-0.1, -0.05) is 29.8 Å². The molecule has 0 aliphatic heterocycles. The molecule has 0 fully saturated rings. The fraction of sp³-hybridized carbons (Fsp3) is 0.235. The summed E-state index contributed by atoms with van der Waals surface area (Å²) in [5.41, 5.74) is 2.75. The topological polar surface area (TPSA) is 47.6 Å². The SMILES string of the molecule is COc1cc(OC)cc(C(=O)NCc2cccc(C)c2)c1. The van der Waals surface area contributed by atoms with E-state index in [0.717, 1.165) is 5.56 Å². The molecule has 4 nitrogen and oxygen atoms in total. The molecule has 0 aliphatic carbocycles. The minimum Gasteiger partial charge on any atom is -0.497 e. The second-order valence-corrected chi connectivity index (χ2v) is 4.77. The number of hydrogen-bond donors (Lipinski definition) is 1. The Kier molecular flexibility index (Phi) is 4.82. The van der Waals surface area contributed by atoms with Gasteiger partial charge in [-0.3, -0.25) is 4.79 Å². The van der Waals surface area contributed by atoms with E-state index in [0.29, 0.717) is 23.6 Å². The van der Waals surface area contributed by atoms with Gasteiger partial charge in [0, 0.05) is 18.2 Å². The van der Waals surface area contributed by atoms with Crippen molar-refractivity contribution in [3.63, 3.8) is 0 Å². The third-order valence-corrected chi connectivity index (χ3v) is 3.15. The third-order valence-electron chi connectivity index (χ3n) is 3.15. The predicted molar refractivity (Wildman–Crippen MR) is 81.9 cm³/mol. The quantitative estimate of drug-likeness (QED) is 0.918. The van der Waals surface area contributed by atoms with Crippen LogP contribution in [-0.4, -0.2) is 20.1 Å². The first-order valence-corrected chi connectivity index (χ1v) is 6.69. The van der Waals surface area contributed by atoms with Gasteiger partial charge in [0.2, 0.25) is 0 Å². The minimum atomic E-state index is -0.159. The summed E-state index contributed by atoms with van der Waals surface area (Å²) < 4.78 is 10.3. The zero-order valence-electron chi connectivity index (χ0n) is 12.5. The Hall–Kier alpha value is -2.49. The molecular weight excluding hydrogens is 266 g/mol. The van der Waals surface area contributed by atoms with E-state index in [4.69, 9.17) is 9.47 Å².